The van der Waals surface area contributed by atoms with Crippen LogP contribution in [0.2, 0.25) is 5.02 Å². The van der Waals surface area contributed by atoms with Crippen LogP contribution in [0.15, 0.2) is 71.8 Å². The predicted octanol–water partition coefficient (Wildman–Crippen LogP) is 6.22. The first-order chi connectivity index (χ1) is 16.7. The van der Waals surface area contributed by atoms with E-state index in [2.05, 4.69) is 31.6 Å². The quantitative estimate of drug-likeness (QED) is 0.171. The molecule has 0 aliphatic carbocycles. The van der Waals surface area contributed by atoms with E-state index < -0.39 is 12.8 Å². The summed E-state index contributed by atoms with van der Waals surface area (Å²) in [6, 6.07) is 13.1. The van der Waals surface area contributed by atoms with Crippen LogP contribution >= 0.6 is 11.6 Å². The summed E-state index contributed by atoms with van der Waals surface area (Å²) in [5.41, 5.74) is 3.28. The number of halogens is 4. The van der Waals surface area contributed by atoms with Gasteiger partial charge in [-0.2, -0.15) is 18.2 Å². The molecule has 0 fully saturated rings. The van der Waals surface area contributed by atoms with Gasteiger partial charge in [0.15, 0.2) is 6.61 Å². The van der Waals surface area contributed by atoms with E-state index in [0.717, 1.165) is 27.7 Å². The van der Waals surface area contributed by atoms with Crippen molar-refractivity contribution >= 4 is 52.1 Å². The third kappa shape index (κ3) is 5.43. The van der Waals surface area contributed by atoms with Crippen molar-refractivity contribution in [1.82, 2.24) is 19.6 Å². The van der Waals surface area contributed by atoms with Gasteiger partial charge in [-0.25, -0.2) is 4.99 Å². The molecule has 0 saturated heterocycles. The van der Waals surface area contributed by atoms with Crippen LogP contribution in [0.3, 0.4) is 0 Å². The van der Waals surface area contributed by atoms with Gasteiger partial charge in [0.05, 0.1) is 5.52 Å². The van der Waals surface area contributed by atoms with Crippen molar-refractivity contribution in [3.05, 3.63) is 77.4 Å². The summed E-state index contributed by atoms with van der Waals surface area (Å²) in [5.74, 6) is 0.878. The van der Waals surface area contributed by atoms with Gasteiger partial charge in [-0.05, 0) is 55.1 Å². The van der Waals surface area contributed by atoms with Gasteiger partial charge < -0.3 is 9.64 Å². The Morgan fingerprint density at radius 3 is 2.77 bits per heavy atom. The standard InChI is InChI=1S/C24H20ClF3N6O/c1-15(7-10-21(29-2)35-13-24(26,27)28)16-5-4-6-18(11-16)33(3)22-19-9-8-17(25)12-20(19)34-14-30-32-23(34)31-22/h4-12,14H,2,13H2,1,3H3/b15-7+,21-10+. The fourth-order valence-electron chi connectivity index (χ4n) is 3.46. The summed E-state index contributed by atoms with van der Waals surface area (Å²) < 4.78 is 43.6. The van der Waals surface area contributed by atoms with E-state index in [4.69, 9.17) is 11.6 Å². The van der Waals surface area contributed by atoms with E-state index in [0.29, 0.717) is 16.6 Å². The second-order valence-electron chi connectivity index (χ2n) is 7.62. The van der Waals surface area contributed by atoms with E-state index in [1.54, 1.807) is 22.9 Å². The first-order valence-corrected chi connectivity index (χ1v) is 10.7. The van der Waals surface area contributed by atoms with Crippen LogP contribution in [0.4, 0.5) is 24.7 Å². The van der Waals surface area contributed by atoms with Crippen molar-refractivity contribution in [1.29, 1.82) is 0 Å². The summed E-state index contributed by atoms with van der Waals surface area (Å²) in [6.07, 6.45) is 0.0955. The molecule has 0 radical (unpaired) electrons. The number of nitrogens with zero attached hydrogens (tertiary/aromatic N) is 6. The smallest absolute Gasteiger partial charge is 0.422 e. The minimum absolute atomic E-state index is 0.217. The number of alkyl halides is 3. The highest BCUT2D eigenvalue weighted by atomic mass is 35.5. The normalized spacial score (nSPS) is 12.9. The van der Waals surface area contributed by atoms with Crippen molar-refractivity contribution in [3.63, 3.8) is 0 Å². The van der Waals surface area contributed by atoms with Crippen molar-refractivity contribution in [2.75, 3.05) is 18.6 Å². The van der Waals surface area contributed by atoms with Crippen molar-refractivity contribution in [2.24, 2.45) is 4.99 Å². The molecule has 180 valence electrons. The average Bonchev–Trinajstić information content (AvgIpc) is 3.31. The fourth-order valence-corrected chi connectivity index (χ4v) is 3.62. The van der Waals surface area contributed by atoms with Crippen LogP contribution in [0.1, 0.15) is 12.5 Å². The van der Waals surface area contributed by atoms with Crippen LogP contribution in [0.25, 0.3) is 22.3 Å². The Hall–Kier alpha value is -3.92. The Bertz CT molecular complexity index is 1460. The third-order valence-corrected chi connectivity index (χ3v) is 5.45. The number of aliphatic imine (C=N–C) groups is 1. The molecule has 7 nitrogen and oxygen atoms in total. The molecule has 0 N–H and O–H groups in total. The topological polar surface area (TPSA) is 67.9 Å². The molecule has 0 bridgehead atoms. The number of rotatable bonds is 7. The van der Waals surface area contributed by atoms with E-state index in [-0.39, 0.29) is 5.88 Å². The summed E-state index contributed by atoms with van der Waals surface area (Å²) in [6.45, 7) is 3.65. The summed E-state index contributed by atoms with van der Waals surface area (Å²) in [7, 11) is 1.88. The molecule has 2 aromatic carbocycles. The molecule has 35 heavy (non-hydrogen) atoms. The molecular weight excluding hydrogens is 481 g/mol. The SMILES string of the molecule is C=N/C(=C\C=C(/C)c1cccc(N(C)c2nc3nncn3c3cc(Cl)ccc23)c1)OCC(F)(F)F. The Balaban J connectivity index is 1.67. The Morgan fingerprint density at radius 2 is 2.03 bits per heavy atom. The van der Waals surface area contributed by atoms with Crippen LogP contribution in [0, 0.1) is 0 Å². The lowest BCUT2D eigenvalue weighted by atomic mass is 10.1. The fraction of sp³-hybridized carbons (Fsp3) is 0.167. The molecule has 4 rings (SSSR count). The first-order valence-electron chi connectivity index (χ1n) is 10.3. The number of aromatic nitrogens is 4. The van der Waals surface area contributed by atoms with Gasteiger partial charge in [0, 0.05) is 29.2 Å². The minimum Gasteiger partial charge on any atom is -0.468 e. The van der Waals surface area contributed by atoms with Gasteiger partial charge >= 0.3 is 6.18 Å². The summed E-state index contributed by atoms with van der Waals surface area (Å²) >= 11 is 6.22. The molecule has 0 aliphatic heterocycles. The van der Waals surface area contributed by atoms with Crippen molar-refractivity contribution in [2.45, 2.75) is 13.1 Å². The number of benzene rings is 2. The number of fused-ring (bicyclic) bond motifs is 3. The van der Waals surface area contributed by atoms with Crippen molar-refractivity contribution in [3.8, 4) is 0 Å². The monoisotopic (exact) mass is 500 g/mol. The van der Waals surface area contributed by atoms with Crippen LogP contribution < -0.4 is 4.90 Å². The second kappa shape index (κ2) is 9.75. The zero-order valence-corrected chi connectivity index (χ0v) is 19.5. The molecule has 4 aromatic rings. The first kappa shape index (κ1) is 24.2. The average molecular weight is 501 g/mol. The van der Waals surface area contributed by atoms with E-state index in [9.17, 15) is 13.2 Å². The molecule has 0 unspecified atom stereocenters. The van der Waals surface area contributed by atoms with Crippen LogP contribution in [0.5, 0.6) is 0 Å². The Kier molecular flexibility index (Phi) is 6.74. The van der Waals surface area contributed by atoms with Crippen LogP contribution in [-0.2, 0) is 4.74 Å². The van der Waals surface area contributed by atoms with Gasteiger partial charge in [0.2, 0.25) is 5.88 Å². The lowest BCUT2D eigenvalue weighted by Crippen LogP contribution is -2.16. The molecule has 0 spiro atoms. The number of hydrogen-bond acceptors (Lipinski definition) is 6. The van der Waals surface area contributed by atoms with E-state index >= 15 is 0 Å². The highest BCUT2D eigenvalue weighted by molar-refractivity contribution is 6.31. The maximum atomic E-state index is 12.4. The molecular formula is C24H20ClF3N6O. The molecule has 2 aromatic heterocycles. The molecule has 0 aliphatic rings. The van der Waals surface area contributed by atoms with Gasteiger partial charge in [0.25, 0.3) is 5.78 Å². The van der Waals surface area contributed by atoms with Gasteiger partial charge in [-0.15, -0.1) is 10.2 Å². The largest absolute Gasteiger partial charge is 0.468 e. The number of ether oxygens (including phenoxy) is 1. The van der Waals surface area contributed by atoms with Gasteiger partial charge in [-0.3, -0.25) is 4.40 Å². The number of allylic oxidation sites excluding steroid dienone is 3. The summed E-state index contributed by atoms with van der Waals surface area (Å²) in [4.78, 5) is 10.1. The molecule has 0 amide bonds. The predicted molar refractivity (Wildman–Crippen MR) is 131 cm³/mol. The zero-order chi connectivity index (χ0) is 25.2. The van der Waals surface area contributed by atoms with Crippen LogP contribution in [-0.4, -0.2) is 46.1 Å². The lowest BCUT2D eigenvalue weighted by Gasteiger charge is -2.21. The van der Waals surface area contributed by atoms with Crippen molar-refractivity contribution < 1.29 is 17.9 Å². The zero-order valence-electron chi connectivity index (χ0n) is 18.8. The van der Waals surface area contributed by atoms with Gasteiger partial charge in [0.1, 0.15) is 12.1 Å². The van der Waals surface area contributed by atoms with E-state index in [1.807, 2.05) is 55.3 Å². The molecule has 0 saturated carbocycles. The molecule has 0 atom stereocenters. The maximum absolute atomic E-state index is 12.4. The number of hydrogen-bond donors (Lipinski definition) is 0. The molecule has 2 heterocycles. The third-order valence-electron chi connectivity index (χ3n) is 5.22. The van der Waals surface area contributed by atoms with E-state index in [1.165, 1.54) is 6.08 Å². The van der Waals surface area contributed by atoms with Gasteiger partial charge in [-0.1, -0.05) is 29.8 Å². The highest BCUT2D eigenvalue weighted by Gasteiger charge is 2.28. The lowest BCUT2D eigenvalue weighted by molar-refractivity contribution is -0.164. The maximum Gasteiger partial charge on any atom is 0.422 e. The minimum atomic E-state index is -4.46. The molecule has 11 heteroatoms. The number of anilines is 2. The second-order valence-corrected chi connectivity index (χ2v) is 8.06. The Morgan fingerprint density at radius 1 is 1.23 bits per heavy atom. The summed E-state index contributed by atoms with van der Waals surface area (Å²) in [5, 5.41) is 9.47. The highest BCUT2D eigenvalue weighted by Crippen LogP contribution is 2.32. The Labute approximate surface area is 203 Å².